The zero-order valence-corrected chi connectivity index (χ0v) is 12.3. The smallest absolute Gasteiger partial charge is 0.284 e. The fourth-order valence-corrected chi connectivity index (χ4v) is 2.71. The minimum absolute atomic E-state index is 0.105. The molecule has 0 aliphatic carbocycles. The van der Waals surface area contributed by atoms with Gasteiger partial charge < -0.3 is 10.2 Å². The third-order valence-electron chi connectivity index (χ3n) is 2.11. The molecule has 0 unspecified atom stereocenters. The van der Waals surface area contributed by atoms with E-state index in [2.05, 4.69) is 31.9 Å². The number of carbonyl (C=O) groups excluding carboxylic acids is 1. The van der Waals surface area contributed by atoms with Gasteiger partial charge in [0.2, 0.25) is 0 Å². The molecule has 0 fully saturated rings. The minimum atomic E-state index is -0.609. The summed E-state index contributed by atoms with van der Waals surface area (Å²) in [6.45, 7) is 0. The third-order valence-corrected chi connectivity index (χ3v) is 3.59. The molecule has 1 heterocycles. The van der Waals surface area contributed by atoms with E-state index in [4.69, 9.17) is 21.8 Å². The number of furan rings is 1. The Balaban J connectivity index is 2.56. The Bertz CT molecular complexity index is 595. The number of hydrogen-bond acceptors (Lipinski definition) is 2. The van der Waals surface area contributed by atoms with Crippen molar-refractivity contribution in [2.24, 2.45) is 5.73 Å². The summed E-state index contributed by atoms with van der Waals surface area (Å²) < 4.78 is 6.82. The van der Waals surface area contributed by atoms with Gasteiger partial charge in [-0.1, -0.05) is 11.6 Å². The van der Waals surface area contributed by atoms with Gasteiger partial charge in [-0.25, -0.2) is 0 Å². The van der Waals surface area contributed by atoms with Crippen LogP contribution in [-0.2, 0) is 0 Å². The molecule has 0 aliphatic heterocycles. The van der Waals surface area contributed by atoms with Crippen LogP contribution in [0.25, 0.3) is 11.3 Å². The zero-order valence-electron chi connectivity index (χ0n) is 8.34. The Hall–Kier alpha value is -0.780. The molecule has 2 N–H and O–H groups in total. The first-order valence-electron chi connectivity index (χ1n) is 4.53. The number of nitrogens with two attached hydrogens (primary N) is 1. The van der Waals surface area contributed by atoms with E-state index < -0.39 is 5.91 Å². The molecule has 1 aromatic heterocycles. The molecule has 6 heteroatoms. The number of carbonyl (C=O) groups is 1. The zero-order chi connectivity index (χ0) is 12.6. The molecule has 0 bridgehead atoms. The highest BCUT2D eigenvalue weighted by Gasteiger charge is 2.16. The molecule has 0 saturated heterocycles. The van der Waals surface area contributed by atoms with E-state index in [-0.39, 0.29) is 5.76 Å². The average molecular weight is 379 g/mol. The lowest BCUT2D eigenvalue weighted by atomic mass is 10.2. The van der Waals surface area contributed by atoms with Crippen LogP contribution in [0.1, 0.15) is 10.6 Å². The Morgan fingerprint density at radius 2 is 1.94 bits per heavy atom. The number of hydrogen-bond donors (Lipinski definition) is 1. The van der Waals surface area contributed by atoms with Crippen LogP contribution in [0.15, 0.2) is 37.6 Å². The number of benzene rings is 1. The van der Waals surface area contributed by atoms with Crippen molar-refractivity contribution < 1.29 is 9.21 Å². The van der Waals surface area contributed by atoms with Crippen molar-refractivity contribution in [1.82, 2.24) is 0 Å². The number of halogens is 3. The molecule has 1 aromatic carbocycles. The quantitative estimate of drug-likeness (QED) is 0.849. The Kier molecular flexibility index (Phi) is 3.61. The summed E-state index contributed by atoms with van der Waals surface area (Å²) in [7, 11) is 0. The summed E-state index contributed by atoms with van der Waals surface area (Å²) in [4.78, 5) is 11.0. The highest BCUT2D eigenvalue weighted by atomic mass is 79.9. The third kappa shape index (κ3) is 2.56. The monoisotopic (exact) mass is 377 g/mol. The van der Waals surface area contributed by atoms with Crippen LogP contribution in [0.3, 0.4) is 0 Å². The number of amides is 1. The summed E-state index contributed by atoms with van der Waals surface area (Å²) in [5.74, 6) is 0.0260. The standard InChI is InChI=1S/C11H6Br2ClNO2/c12-7-3-5(14)1-2-6(7)10-8(13)4-9(17-10)11(15)16/h1-4H,(H2,15,16). The lowest BCUT2D eigenvalue weighted by Crippen LogP contribution is -2.09. The number of primary amides is 1. The molecular weight excluding hydrogens is 373 g/mol. The lowest BCUT2D eigenvalue weighted by Gasteiger charge is -2.02. The molecule has 0 saturated carbocycles. The van der Waals surface area contributed by atoms with Crippen molar-refractivity contribution in [3.63, 3.8) is 0 Å². The van der Waals surface area contributed by atoms with Crippen LogP contribution in [-0.4, -0.2) is 5.91 Å². The highest BCUT2D eigenvalue weighted by molar-refractivity contribution is 9.11. The molecular formula is C11H6Br2ClNO2. The van der Waals surface area contributed by atoms with Gasteiger partial charge in [-0.3, -0.25) is 4.79 Å². The summed E-state index contributed by atoms with van der Waals surface area (Å²) in [5, 5.41) is 0.610. The maximum atomic E-state index is 11.0. The van der Waals surface area contributed by atoms with Crippen molar-refractivity contribution in [2.45, 2.75) is 0 Å². The van der Waals surface area contributed by atoms with Gasteiger partial charge in [0.25, 0.3) is 5.91 Å². The summed E-state index contributed by atoms with van der Waals surface area (Å²) in [6.07, 6.45) is 0. The first-order chi connectivity index (χ1) is 7.99. The summed E-state index contributed by atoms with van der Waals surface area (Å²) in [6, 6.07) is 6.82. The summed E-state index contributed by atoms with van der Waals surface area (Å²) in [5.41, 5.74) is 5.94. The van der Waals surface area contributed by atoms with Crippen molar-refractivity contribution in [3.8, 4) is 11.3 Å². The second-order valence-electron chi connectivity index (χ2n) is 3.28. The second-order valence-corrected chi connectivity index (χ2v) is 5.42. The molecule has 17 heavy (non-hydrogen) atoms. The van der Waals surface area contributed by atoms with Gasteiger partial charge in [-0.05, 0) is 50.1 Å². The van der Waals surface area contributed by atoms with Gasteiger partial charge in [0.05, 0.1) is 4.47 Å². The Labute approximate surface area is 119 Å². The van der Waals surface area contributed by atoms with E-state index in [9.17, 15) is 4.79 Å². The van der Waals surface area contributed by atoms with E-state index in [0.717, 1.165) is 10.0 Å². The van der Waals surface area contributed by atoms with Gasteiger partial charge in [0.1, 0.15) is 5.76 Å². The van der Waals surface area contributed by atoms with E-state index in [1.807, 2.05) is 0 Å². The normalized spacial score (nSPS) is 10.5. The van der Waals surface area contributed by atoms with Crippen LogP contribution < -0.4 is 5.73 Å². The number of rotatable bonds is 2. The van der Waals surface area contributed by atoms with Crippen LogP contribution in [0, 0.1) is 0 Å². The van der Waals surface area contributed by atoms with Crippen molar-refractivity contribution in [3.05, 3.63) is 44.0 Å². The van der Waals surface area contributed by atoms with Crippen molar-refractivity contribution >= 4 is 49.4 Å². The van der Waals surface area contributed by atoms with Crippen LogP contribution in [0.4, 0.5) is 0 Å². The van der Waals surface area contributed by atoms with Crippen molar-refractivity contribution in [1.29, 1.82) is 0 Å². The topological polar surface area (TPSA) is 56.2 Å². The van der Waals surface area contributed by atoms with Gasteiger partial charge >= 0.3 is 0 Å². The summed E-state index contributed by atoms with van der Waals surface area (Å²) >= 11 is 12.6. The van der Waals surface area contributed by atoms with Gasteiger partial charge in [-0.15, -0.1) is 0 Å². The molecule has 0 atom stereocenters. The molecule has 1 amide bonds. The van der Waals surface area contributed by atoms with E-state index in [0.29, 0.717) is 15.3 Å². The van der Waals surface area contributed by atoms with Gasteiger partial charge in [0, 0.05) is 21.1 Å². The Morgan fingerprint density at radius 1 is 1.24 bits per heavy atom. The molecule has 2 rings (SSSR count). The molecule has 0 aliphatic rings. The maximum Gasteiger partial charge on any atom is 0.284 e. The molecule has 88 valence electrons. The van der Waals surface area contributed by atoms with E-state index >= 15 is 0 Å². The average Bonchev–Trinajstić information content (AvgIpc) is 2.61. The van der Waals surface area contributed by atoms with Crippen LogP contribution >= 0.6 is 43.5 Å². The molecule has 0 spiro atoms. The van der Waals surface area contributed by atoms with E-state index in [1.54, 1.807) is 24.3 Å². The fraction of sp³-hybridized carbons (Fsp3) is 0. The van der Waals surface area contributed by atoms with E-state index in [1.165, 1.54) is 0 Å². The maximum absolute atomic E-state index is 11.0. The van der Waals surface area contributed by atoms with Gasteiger partial charge in [-0.2, -0.15) is 0 Å². The Morgan fingerprint density at radius 3 is 2.47 bits per heavy atom. The second kappa shape index (κ2) is 4.84. The van der Waals surface area contributed by atoms with Gasteiger partial charge in [0.15, 0.2) is 5.76 Å². The van der Waals surface area contributed by atoms with Crippen LogP contribution in [0.5, 0.6) is 0 Å². The largest absolute Gasteiger partial charge is 0.450 e. The lowest BCUT2D eigenvalue weighted by molar-refractivity contribution is 0.0974. The first kappa shape index (κ1) is 12.7. The molecule has 3 nitrogen and oxygen atoms in total. The fourth-order valence-electron chi connectivity index (χ4n) is 1.35. The first-order valence-corrected chi connectivity index (χ1v) is 6.50. The van der Waals surface area contributed by atoms with Crippen molar-refractivity contribution in [2.75, 3.05) is 0 Å². The predicted octanol–water partition coefficient (Wildman–Crippen LogP) is 4.22. The molecule has 2 aromatic rings. The SMILES string of the molecule is NC(=O)c1cc(Br)c(-c2ccc(Cl)cc2Br)o1. The highest BCUT2D eigenvalue weighted by Crippen LogP contribution is 2.37. The minimum Gasteiger partial charge on any atom is -0.450 e. The predicted molar refractivity (Wildman–Crippen MR) is 73.1 cm³/mol. The van der Waals surface area contributed by atoms with Crippen LogP contribution in [0.2, 0.25) is 5.02 Å². The molecule has 0 radical (unpaired) electrons.